The fraction of sp³-hybridized carbons (Fsp3) is 0.667. The first-order chi connectivity index (χ1) is 12.7. The molecular formula is C21H31N3O2. The number of carbonyl (C=O) groups excluding carboxylic acids is 1. The third kappa shape index (κ3) is 3.74. The van der Waals surface area contributed by atoms with Crippen molar-refractivity contribution in [2.75, 3.05) is 45.9 Å². The van der Waals surface area contributed by atoms with Crippen molar-refractivity contribution >= 4 is 6.09 Å². The van der Waals surface area contributed by atoms with Gasteiger partial charge in [-0.25, -0.2) is 4.79 Å². The van der Waals surface area contributed by atoms with Crippen molar-refractivity contribution in [1.82, 2.24) is 14.7 Å². The Labute approximate surface area is 156 Å². The van der Waals surface area contributed by atoms with Crippen molar-refractivity contribution in [3.63, 3.8) is 0 Å². The molecule has 0 radical (unpaired) electrons. The first-order valence-corrected chi connectivity index (χ1v) is 10.2. The summed E-state index contributed by atoms with van der Waals surface area (Å²) in [5.41, 5.74) is 3.09. The zero-order valence-corrected chi connectivity index (χ0v) is 15.9. The number of piperazine rings is 1. The number of piperidine rings is 1. The lowest BCUT2D eigenvalue weighted by Gasteiger charge is -2.44. The summed E-state index contributed by atoms with van der Waals surface area (Å²) < 4.78 is 5.14. The van der Waals surface area contributed by atoms with E-state index < -0.39 is 0 Å². The first kappa shape index (κ1) is 17.8. The normalized spacial score (nSPS) is 25.3. The van der Waals surface area contributed by atoms with Gasteiger partial charge in [0, 0.05) is 44.8 Å². The van der Waals surface area contributed by atoms with Crippen LogP contribution < -0.4 is 0 Å². The second kappa shape index (κ2) is 7.97. The van der Waals surface area contributed by atoms with Crippen LogP contribution >= 0.6 is 0 Å². The van der Waals surface area contributed by atoms with Gasteiger partial charge in [0.2, 0.25) is 0 Å². The van der Waals surface area contributed by atoms with Crippen LogP contribution in [0, 0.1) is 0 Å². The molecule has 1 atom stereocenters. The van der Waals surface area contributed by atoms with E-state index in [-0.39, 0.29) is 6.09 Å². The predicted molar refractivity (Wildman–Crippen MR) is 102 cm³/mol. The minimum atomic E-state index is -0.152. The van der Waals surface area contributed by atoms with Gasteiger partial charge in [-0.3, -0.25) is 9.80 Å². The Morgan fingerprint density at radius 3 is 2.35 bits per heavy atom. The van der Waals surface area contributed by atoms with Gasteiger partial charge in [0.1, 0.15) is 0 Å². The summed E-state index contributed by atoms with van der Waals surface area (Å²) in [6.07, 6.45) is 4.84. The molecule has 2 aliphatic heterocycles. The van der Waals surface area contributed by atoms with Crippen LogP contribution in [0.15, 0.2) is 24.3 Å². The summed E-state index contributed by atoms with van der Waals surface area (Å²) in [6.45, 7) is 8.28. The van der Waals surface area contributed by atoms with E-state index in [0.29, 0.717) is 18.7 Å². The molecule has 0 aromatic heterocycles. The summed E-state index contributed by atoms with van der Waals surface area (Å²) >= 11 is 0. The lowest BCUT2D eigenvalue weighted by Crippen LogP contribution is -2.57. The second-order valence-electron chi connectivity index (χ2n) is 7.84. The molecule has 4 rings (SSSR count). The molecule has 0 unspecified atom stereocenters. The van der Waals surface area contributed by atoms with Crippen LogP contribution in [-0.4, -0.2) is 78.8 Å². The Morgan fingerprint density at radius 2 is 1.69 bits per heavy atom. The number of hydrogen-bond donors (Lipinski definition) is 0. The Morgan fingerprint density at radius 1 is 1.00 bits per heavy atom. The van der Waals surface area contributed by atoms with E-state index in [0.717, 1.165) is 26.2 Å². The molecule has 2 saturated heterocycles. The van der Waals surface area contributed by atoms with Crippen LogP contribution in [0.5, 0.6) is 0 Å². The van der Waals surface area contributed by atoms with Gasteiger partial charge in [0.05, 0.1) is 6.61 Å². The minimum Gasteiger partial charge on any atom is -0.450 e. The molecule has 1 amide bonds. The molecule has 2 fully saturated rings. The molecule has 2 heterocycles. The van der Waals surface area contributed by atoms with Crippen molar-refractivity contribution in [3.05, 3.63) is 35.4 Å². The van der Waals surface area contributed by atoms with Gasteiger partial charge in [-0.05, 0) is 50.3 Å². The average Bonchev–Trinajstić information content (AvgIpc) is 3.13. The van der Waals surface area contributed by atoms with Gasteiger partial charge in [0.15, 0.2) is 0 Å². The maximum absolute atomic E-state index is 11.9. The summed E-state index contributed by atoms with van der Waals surface area (Å²) in [7, 11) is 0. The van der Waals surface area contributed by atoms with Gasteiger partial charge >= 0.3 is 6.09 Å². The van der Waals surface area contributed by atoms with Crippen LogP contribution in [0.1, 0.15) is 30.9 Å². The lowest BCUT2D eigenvalue weighted by atomic mass is 10.0. The summed E-state index contributed by atoms with van der Waals surface area (Å²) in [4.78, 5) is 19.1. The molecule has 1 aromatic rings. The van der Waals surface area contributed by atoms with Gasteiger partial charge in [-0.15, -0.1) is 0 Å². The molecule has 142 valence electrons. The first-order valence-electron chi connectivity index (χ1n) is 10.2. The fourth-order valence-electron chi connectivity index (χ4n) is 4.89. The molecular weight excluding hydrogens is 326 g/mol. The van der Waals surface area contributed by atoms with E-state index >= 15 is 0 Å². The maximum atomic E-state index is 11.9. The highest BCUT2D eigenvalue weighted by Gasteiger charge is 2.34. The number of hydrogen-bond acceptors (Lipinski definition) is 4. The highest BCUT2D eigenvalue weighted by atomic mass is 16.6. The van der Waals surface area contributed by atoms with Crippen LogP contribution in [0.25, 0.3) is 0 Å². The van der Waals surface area contributed by atoms with Crippen molar-refractivity contribution in [1.29, 1.82) is 0 Å². The number of amides is 1. The maximum Gasteiger partial charge on any atom is 0.409 e. The van der Waals surface area contributed by atoms with E-state index in [2.05, 4.69) is 34.1 Å². The monoisotopic (exact) mass is 357 g/mol. The van der Waals surface area contributed by atoms with Gasteiger partial charge < -0.3 is 9.64 Å². The van der Waals surface area contributed by atoms with E-state index in [4.69, 9.17) is 4.74 Å². The number of carbonyl (C=O) groups is 1. The second-order valence-corrected chi connectivity index (χ2v) is 7.84. The highest BCUT2D eigenvalue weighted by Crippen LogP contribution is 2.28. The smallest absolute Gasteiger partial charge is 0.409 e. The SMILES string of the molecule is CCOC(=O)N1CCN([C@@H]2CCCN(C3Cc4ccccc4C3)C2)CC1. The van der Waals surface area contributed by atoms with Crippen LogP contribution in [0.4, 0.5) is 4.79 Å². The van der Waals surface area contributed by atoms with E-state index in [1.165, 1.54) is 38.8 Å². The molecule has 0 bridgehead atoms. The molecule has 5 heteroatoms. The molecule has 1 aliphatic carbocycles. The average molecular weight is 357 g/mol. The van der Waals surface area contributed by atoms with Crippen molar-refractivity contribution in [3.8, 4) is 0 Å². The molecule has 1 aromatic carbocycles. The Hall–Kier alpha value is -1.59. The number of likely N-dealkylation sites (tertiary alicyclic amines) is 1. The third-order valence-corrected chi connectivity index (χ3v) is 6.33. The van der Waals surface area contributed by atoms with Gasteiger partial charge in [-0.2, -0.15) is 0 Å². The number of fused-ring (bicyclic) bond motifs is 1. The zero-order chi connectivity index (χ0) is 17.9. The van der Waals surface area contributed by atoms with E-state index in [1.807, 2.05) is 11.8 Å². The molecule has 5 nitrogen and oxygen atoms in total. The molecule has 0 spiro atoms. The molecule has 0 saturated carbocycles. The van der Waals surface area contributed by atoms with E-state index in [9.17, 15) is 4.79 Å². The number of ether oxygens (including phenoxy) is 1. The van der Waals surface area contributed by atoms with Crippen molar-refractivity contribution in [2.24, 2.45) is 0 Å². The summed E-state index contributed by atoms with van der Waals surface area (Å²) in [5.74, 6) is 0. The van der Waals surface area contributed by atoms with Crippen molar-refractivity contribution < 1.29 is 9.53 Å². The van der Waals surface area contributed by atoms with Crippen molar-refractivity contribution in [2.45, 2.75) is 44.7 Å². The predicted octanol–water partition coefficient (Wildman–Crippen LogP) is 2.39. The summed E-state index contributed by atoms with van der Waals surface area (Å²) in [6, 6.07) is 10.2. The zero-order valence-electron chi connectivity index (χ0n) is 15.9. The number of rotatable bonds is 3. The summed E-state index contributed by atoms with van der Waals surface area (Å²) in [5, 5.41) is 0. The van der Waals surface area contributed by atoms with Crippen LogP contribution in [0.2, 0.25) is 0 Å². The van der Waals surface area contributed by atoms with Crippen LogP contribution in [-0.2, 0) is 17.6 Å². The van der Waals surface area contributed by atoms with Gasteiger partial charge in [0.25, 0.3) is 0 Å². The Balaban J connectivity index is 1.30. The molecule has 26 heavy (non-hydrogen) atoms. The largest absolute Gasteiger partial charge is 0.450 e. The lowest BCUT2D eigenvalue weighted by molar-refractivity contribution is 0.0335. The molecule has 0 N–H and O–H groups in total. The number of benzene rings is 1. The third-order valence-electron chi connectivity index (χ3n) is 6.33. The quantitative estimate of drug-likeness (QED) is 0.832. The number of nitrogens with zero attached hydrogens (tertiary/aromatic N) is 3. The standard InChI is InChI=1S/C21H31N3O2/c1-2-26-21(25)23-12-10-22(11-13-23)19-8-5-9-24(16-19)20-14-17-6-3-4-7-18(17)15-20/h3-4,6-7,19-20H,2,5,8-16H2,1H3/t19-/m1/s1. The Kier molecular flexibility index (Phi) is 5.46. The Bertz CT molecular complexity index is 602. The minimum absolute atomic E-state index is 0.152. The molecule has 3 aliphatic rings. The fourth-order valence-corrected chi connectivity index (χ4v) is 4.89. The topological polar surface area (TPSA) is 36.0 Å². The van der Waals surface area contributed by atoms with Gasteiger partial charge in [-0.1, -0.05) is 24.3 Å². The van der Waals surface area contributed by atoms with E-state index in [1.54, 1.807) is 11.1 Å². The van der Waals surface area contributed by atoms with Crippen LogP contribution in [0.3, 0.4) is 0 Å². The highest BCUT2D eigenvalue weighted by molar-refractivity contribution is 5.67.